The van der Waals surface area contributed by atoms with Crippen LogP contribution in [0, 0.1) is 6.92 Å². The van der Waals surface area contributed by atoms with Gasteiger partial charge in [0.15, 0.2) is 0 Å². The number of aryl methyl sites for hydroxylation is 2. The molecule has 2 heterocycles. The largest absolute Gasteiger partial charge is 0.496 e. The van der Waals surface area contributed by atoms with Crippen molar-refractivity contribution in [1.82, 2.24) is 14.1 Å². The lowest BCUT2D eigenvalue weighted by Gasteiger charge is -2.21. The van der Waals surface area contributed by atoms with E-state index in [1.807, 2.05) is 18.7 Å². The molecule has 0 saturated carbocycles. The maximum atomic E-state index is 13.5. The van der Waals surface area contributed by atoms with E-state index in [-0.39, 0.29) is 18.0 Å². The van der Waals surface area contributed by atoms with Gasteiger partial charge in [-0.1, -0.05) is 0 Å². The zero-order valence-corrected chi connectivity index (χ0v) is 17.7. The monoisotopic (exact) mass is 415 g/mol. The van der Waals surface area contributed by atoms with Gasteiger partial charge in [0, 0.05) is 12.7 Å². The van der Waals surface area contributed by atoms with Crippen LogP contribution in [0.2, 0.25) is 0 Å². The number of sulfonamides is 1. The first-order chi connectivity index (χ1) is 13.9. The predicted octanol–water partition coefficient (Wildman–Crippen LogP) is 3.21. The first kappa shape index (κ1) is 19.7. The van der Waals surface area contributed by atoms with Gasteiger partial charge in [0.2, 0.25) is 10.0 Å². The number of aromatic nitrogens is 2. The Hall–Kier alpha value is -2.58. The smallest absolute Gasteiger partial charge is 0.243 e. The van der Waals surface area contributed by atoms with Crippen molar-refractivity contribution in [2.24, 2.45) is 7.05 Å². The molecule has 1 aromatic carbocycles. The molecule has 0 amide bonds. The highest BCUT2D eigenvalue weighted by molar-refractivity contribution is 7.89. The summed E-state index contributed by atoms with van der Waals surface area (Å²) in [5, 5.41) is 4.61. The molecule has 0 saturated heterocycles. The number of methoxy groups -OCH3 is 1. The highest BCUT2D eigenvalue weighted by Crippen LogP contribution is 2.29. The molecule has 2 aromatic heterocycles. The number of furan rings is 1. The van der Waals surface area contributed by atoms with Crippen molar-refractivity contribution in [2.45, 2.75) is 44.2 Å². The quantitative estimate of drug-likeness (QED) is 0.592. The van der Waals surface area contributed by atoms with Crippen molar-refractivity contribution >= 4 is 10.0 Å². The maximum absolute atomic E-state index is 13.5. The van der Waals surface area contributed by atoms with Crippen LogP contribution in [0.5, 0.6) is 5.75 Å². The summed E-state index contributed by atoms with van der Waals surface area (Å²) in [7, 11) is -0.269. The molecule has 0 fully saturated rings. The number of fused-ring (bicyclic) bond motifs is 1. The molecule has 4 rings (SSSR count). The van der Waals surface area contributed by atoms with Gasteiger partial charge in [-0.2, -0.15) is 9.40 Å². The Morgan fingerprint density at radius 2 is 2.07 bits per heavy atom. The molecule has 1 aliphatic rings. The Morgan fingerprint density at radius 3 is 2.76 bits per heavy atom. The molecule has 1 aliphatic carbocycles. The number of rotatable bonds is 7. The lowest BCUT2D eigenvalue weighted by atomic mass is 10.2. The van der Waals surface area contributed by atoms with Crippen LogP contribution in [0.1, 0.15) is 34.7 Å². The SMILES string of the molecule is COc1ccc(S(=O)(=O)N(Cc2ccco2)Cc2nn(C)c3c2CCC3)cc1C. The minimum absolute atomic E-state index is 0.145. The molecular weight excluding hydrogens is 390 g/mol. The average molecular weight is 416 g/mol. The van der Waals surface area contributed by atoms with Crippen LogP contribution in [0.4, 0.5) is 0 Å². The third-order valence-electron chi connectivity index (χ3n) is 5.44. The number of nitrogens with zero attached hydrogens (tertiary/aromatic N) is 3. The van der Waals surface area contributed by atoms with Gasteiger partial charge in [0.1, 0.15) is 11.5 Å². The van der Waals surface area contributed by atoms with Gasteiger partial charge in [0.05, 0.1) is 37.1 Å². The third kappa shape index (κ3) is 3.70. The van der Waals surface area contributed by atoms with E-state index in [4.69, 9.17) is 9.15 Å². The molecule has 0 atom stereocenters. The summed E-state index contributed by atoms with van der Waals surface area (Å²) in [5.41, 5.74) is 3.97. The lowest BCUT2D eigenvalue weighted by molar-refractivity contribution is 0.353. The maximum Gasteiger partial charge on any atom is 0.243 e. The van der Waals surface area contributed by atoms with Gasteiger partial charge in [-0.05, 0) is 67.6 Å². The second-order valence-corrected chi connectivity index (χ2v) is 9.27. The molecule has 3 aromatic rings. The molecule has 0 unspecified atom stereocenters. The molecular formula is C21H25N3O4S. The highest BCUT2D eigenvalue weighted by atomic mass is 32.2. The molecule has 0 spiro atoms. The van der Waals surface area contributed by atoms with Crippen molar-refractivity contribution < 1.29 is 17.6 Å². The van der Waals surface area contributed by atoms with Crippen molar-refractivity contribution in [2.75, 3.05) is 7.11 Å². The third-order valence-corrected chi connectivity index (χ3v) is 7.23. The summed E-state index contributed by atoms with van der Waals surface area (Å²) < 4.78 is 41.1. The van der Waals surface area contributed by atoms with Gasteiger partial charge in [0.25, 0.3) is 0 Å². The second kappa shape index (κ2) is 7.68. The first-order valence-electron chi connectivity index (χ1n) is 9.61. The van der Waals surface area contributed by atoms with E-state index in [1.165, 1.54) is 15.6 Å². The molecule has 154 valence electrons. The fourth-order valence-electron chi connectivity index (χ4n) is 3.95. The van der Waals surface area contributed by atoms with Crippen molar-refractivity contribution in [3.8, 4) is 5.75 Å². The van der Waals surface area contributed by atoms with Gasteiger partial charge in [-0.15, -0.1) is 0 Å². The topological polar surface area (TPSA) is 77.6 Å². The standard InChI is InChI=1S/C21H25N3O4S/c1-15-12-17(9-10-21(15)27-3)29(25,26)24(13-16-6-5-11-28-16)14-19-18-7-4-8-20(18)23(2)22-19/h5-6,9-12H,4,7-8,13-14H2,1-3H3. The van der Waals surface area contributed by atoms with Crippen LogP contribution >= 0.6 is 0 Å². The molecule has 8 heteroatoms. The van der Waals surface area contributed by atoms with E-state index < -0.39 is 10.0 Å². The van der Waals surface area contributed by atoms with E-state index in [1.54, 1.807) is 43.7 Å². The van der Waals surface area contributed by atoms with Crippen LogP contribution in [0.15, 0.2) is 45.9 Å². The molecule has 29 heavy (non-hydrogen) atoms. The number of hydrogen-bond acceptors (Lipinski definition) is 5. The second-order valence-electron chi connectivity index (χ2n) is 7.33. The van der Waals surface area contributed by atoms with Gasteiger partial charge in [-0.25, -0.2) is 8.42 Å². The Labute approximate surface area is 170 Å². The normalized spacial score (nSPS) is 13.8. The van der Waals surface area contributed by atoms with Crippen LogP contribution in [-0.2, 0) is 43.0 Å². The van der Waals surface area contributed by atoms with Gasteiger partial charge in [-0.3, -0.25) is 4.68 Å². The molecule has 0 N–H and O–H groups in total. The highest BCUT2D eigenvalue weighted by Gasteiger charge is 2.30. The Bertz CT molecular complexity index is 1120. The fourth-order valence-corrected chi connectivity index (χ4v) is 5.41. The van der Waals surface area contributed by atoms with Crippen LogP contribution in [0.3, 0.4) is 0 Å². The zero-order chi connectivity index (χ0) is 20.6. The molecule has 7 nitrogen and oxygen atoms in total. The summed E-state index contributed by atoms with van der Waals surface area (Å²) in [6.07, 6.45) is 4.56. The van der Waals surface area contributed by atoms with Crippen molar-refractivity contribution in [3.63, 3.8) is 0 Å². The summed E-state index contributed by atoms with van der Waals surface area (Å²) in [5.74, 6) is 1.25. The van der Waals surface area contributed by atoms with E-state index >= 15 is 0 Å². The Morgan fingerprint density at radius 1 is 1.24 bits per heavy atom. The Balaban J connectivity index is 1.72. The fraction of sp³-hybridized carbons (Fsp3) is 0.381. The van der Waals surface area contributed by atoms with Crippen molar-refractivity contribution in [3.05, 3.63) is 64.9 Å². The molecule has 0 radical (unpaired) electrons. The number of hydrogen-bond donors (Lipinski definition) is 0. The molecule has 0 bridgehead atoms. The minimum atomic E-state index is -3.76. The lowest BCUT2D eigenvalue weighted by Crippen LogP contribution is -2.30. The minimum Gasteiger partial charge on any atom is -0.496 e. The van der Waals surface area contributed by atoms with E-state index in [9.17, 15) is 8.42 Å². The summed E-state index contributed by atoms with van der Waals surface area (Å²) >= 11 is 0. The Kier molecular flexibility index (Phi) is 5.23. The molecule has 0 aliphatic heterocycles. The summed E-state index contributed by atoms with van der Waals surface area (Å²) in [4.78, 5) is 0.231. The number of benzene rings is 1. The van der Waals surface area contributed by atoms with Gasteiger partial charge >= 0.3 is 0 Å². The van der Waals surface area contributed by atoms with Crippen LogP contribution in [0.25, 0.3) is 0 Å². The summed E-state index contributed by atoms with van der Waals surface area (Å²) in [6, 6.07) is 8.46. The van der Waals surface area contributed by atoms with Crippen molar-refractivity contribution in [1.29, 1.82) is 0 Å². The first-order valence-corrected chi connectivity index (χ1v) is 11.0. The number of ether oxygens (including phenoxy) is 1. The van der Waals surface area contributed by atoms with E-state index in [2.05, 4.69) is 5.10 Å². The predicted molar refractivity (Wildman–Crippen MR) is 108 cm³/mol. The van der Waals surface area contributed by atoms with E-state index in [0.29, 0.717) is 11.5 Å². The van der Waals surface area contributed by atoms with Crippen LogP contribution in [-0.4, -0.2) is 29.6 Å². The van der Waals surface area contributed by atoms with E-state index in [0.717, 1.165) is 30.5 Å². The average Bonchev–Trinajstić information content (AvgIpc) is 3.42. The van der Waals surface area contributed by atoms with Gasteiger partial charge < -0.3 is 9.15 Å². The summed E-state index contributed by atoms with van der Waals surface area (Å²) in [6.45, 7) is 2.18. The zero-order valence-electron chi connectivity index (χ0n) is 16.9. The van der Waals surface area contributed by atoms with Crippen LogP contribution < -0.4 is 4.74 Å².